The summed E-state index contributed by atoms with van der Waals surface area (Å²) >= 11 is 4.68. The van der Waals surface area contributed by atoms with Crippen LogP contribution in [0.4, 0.5) is 0 Å². The van der Waals surface area contributed by atoms with E-state index in [1.165, 1.54) is 0 Å². The lowest BCUT2D eigenvalue weighted by Gasteiger charge is -2.12. The van der Waals surface area contributed by atoms with E-state index in [0.29, 0.717) is 18.1 Å². The van der Waals surface area contributed by atoms with Gasteiger partial charge in [0.25, 0.3) is 0 Å². The minimum atomic E-state index is 0.108. The second kappa shape index (κ2) is 8.73. The molecule has 0 aromatic heterocycles. The highest BCUT2D eigenvalue weighted by Crippen LogP contribution is 2.28. The van der Waals surface area contributed by atoms with E-state index in [1.807, 2.05) is 42.5 Å². The van der Waals surface area contributed by atoms with Crippen LogP contribution < -0.4 is 25.4 Å². The summed E-state index contributed by atoms with van der Waals surface area (Å²) in [5.74, 6) is 2.04. The second-order valence-corrected chi connectivity index (χ2v) is 5.22. The molecule has 0 amide bonds. The van der Waals surface area contributed by atoms with E-state index in [1.54, 1.807) is 20.4 Å². The van der Waals surface area contributed by atoms with Crippen molar-refractivity contribution >= 4 is 23.5 Å². The van der Waals surface area contributed by atoms with E-state index in [4.69, 9.17) is 19.9 Å². The highest BCUT2D eigenvalue weighted by Gasteiger charge is 2.06. The van der Waals surface area contributed by atoms with Gasteiger partial charge in [0.1, 0.15) is 12.4 Å². The summed E-state index contributed by atoms with van der Waals surface area (Å²) in [5, 5.41) is 4.02. The Morgan fingerprint density at radius 2 is 2.00 bits per heavy atom. The molecule has 126 valence electrons. The van der Waals surface area contributed by atoms with Crippen LogP contribution in [0.15, 0.2) is 47.6 Å². The third kappa shape index (κ3) is 5.13. The Balaban J connectivity index is 2.06. The Kier molecular flexibility index (Phi) is 6.39. The number of thiocarbonyl (C=S) groups is 1. The summed E-state index contributed by atoms with van der Waals surface area (Å²) in [6, 6.07) is 13.2. The van der Waals surface area contributed by atoms with Gasteiger partial charge in [-0.2, -0.15) is 5.10 Å². The van der Waals surface area contributed by atoms with E-state index in [2.05, 4.69) is 22.7 Å². The quantitative estimate of drug-likeness (QED) is 0.456. The molecule has 7 heteroatoms. The number of nitrogens with one attached hydrogen (secondary N) is 1. The number of ether oxygens (including phenoxy) is 3. The van der Waals surface area contributed by atoms with Crippen molar-refractivity contribution in [3.8, 4) is 17.2 Å². The van der Waals surface area contributed by atoms with Crippen molar-refractivity contribution in [1.29, 1.82) is 0 Å². The van der Waals surface area contributed by atoms with Crippen LogP contribution in [0.1, 0.15) is 11.1 Å². The minimum Gasteiger partial charge on any atom is -0.497 e. The third-order valence-electron chi connectivity index (χ3n) is 3.10. The van der Waals surface area contributed by atoms with Crippen LogP contribution >= 0.6 is 12.2 Å². The molecule has 0 saturated heterocycles. The molecule has 0 spiro atoms. The van der Waals surface area contributed by atoms with Crippen LogP contribution in [0, 0.1) is 0 Å². The maximum absolute atomic E-state index is 5.83. The van der Waals surface area contributed by atoms with Crippen molar-refractivity contribution < 1.29 is 14.2 Å². The lowest BCUT2D eigenvalue weighted by Crippen LogP contribution is -2.23. The topological polar surface area (TPSA) is 78.1 Å². The summed E-state index contributed by atoms with van der Waals surface area (Å²) in [5.41, 5.74) is 9.63. The van der Waals surface area contributed by atoms with Crippen molar-refractivity contribution in [2.45, 2.75) is 6.61 Å². The number of hydrogen-bond acceptors (Lipinski definition) is 5. The van der Waals surface area contributed by atoms with Crippen molar-refractivity contribution in [1.82, 2.24) is 5.43 Å². The van der Waals surface area contributed by atoms with Crippen molar-refractivity contribution in [3.05, 3.63) is 53.6 Å². The van der Waals surface area contributed by atoms with E-state index in [9.17, 15) is 0 Å². The zero-order chi connectivity index (χ0) is 17.4. The Hall–Kier alpha value is -2.80. The average Bonchev–Trinajstić information content (AvgIpc) is 2.60. The first-order chi connectivity index (χ1) is 11.6. The molecule has 0 fully saturated rings. The number of hydrogen-bond donors (Lipinski definition) is 2. The van der Waals surface area contributed by atoms with Gasteiger partial charge in [-0.05, 0) is 53.7 Å². The van der Waals surface area contributed by atoms with Gasteiger partial charge in [-0.3, -0.25) is 5.43 Å². The summed E-state index contributed by atoms with van der Waals surface area (Å²) in [6.45, 7) is 0.407. The van der Waals surface area contributed by atoms with Gasteiger partial charge in [0, 0.05) is 0 Å². The predicted molar refractivity (Wildman–Crippen MR) is 97.8 cm³/mol. The molecule has 0 heterocycles. The molecule has 0 aliphatic carbocycles. The highest BCUT2D eigenvalue weighted by atomic mass is 32.1. The maximum Gasteiger partial charge on any atom is 0.184 e. The van der Waals surface area contributed by atoms with Gasteiger partial charge in [-0.15, -0.1) is 0 Å². The average molecular weight is 345 g/mol. The zero-order valence-corrected chi connectivity index (χ0v) is 14.3. The Bertz CT molecular complexity index is 735. The molecular weight excluding hydrogens is 326 g/mol. The fourth-order valence-electron chi connectivity index (χ4n) is 1.98. The van der Waals surface area contributed by atoms with E-state index in [-0.39, 0.29) is 5.11 Å². The molecule has 0 radical (unpaired) electrons. The highest BCUT2D eigenvalue weighted by molar-refractivity contribution is 7.80. The summed E-state index contributed by atoms with van der Waals surface area (Å²) in [7, 11) is 3.22. The van der Waals surface area contributed by atoms with Gasteiger partial charge in [0.05, 0.1) is 20.4 Å². The standard InChI is InChI=1S/C17H19N3O3S/c1-21-14-5-3-4-13(8-14)11-23-15-7-6-12(9-16(15)22-2)10-19-20-17(18)24/h3-10H,11H2,1-2H3,(H3,18,20,24). The number of benzene rings is 2. The molecule has 0 bridgehead atoms. The second-order valence-electron chi connectivity index (χ2n) is 4.78. The summed E-state index contributed by atoms with van der Waals surface area (Å²) in [4.78, 5) is 0. The number of rotatable bonds is 7. The maximum atomic E-state index is 5.83. The van der Waals surface area contributed by atoms with Crippen LogP contribution in [0.5, 0.6) is 17.2 Å². The Labute approximate surface area is 146 Å². The molecule has 0 unspecified atom stereocenters. The predicted octanol–water partition coefficient (Wildman–Crippen LogP) is 2.45. The SMILES string of the molecule is COc1cccc(COc2ccc(C=NNC(N)=S)cc2OC)c1. The molecule has 0 saturated carbocycles. The number of nitrogens with zero attached hydrogens (tertiary/aromatic N) is 1. The minimum absolute atomic E-state index is 0.108. The smallest absolute Gasteiger partial charge is 0.184 e. The molecule has 2 aromatic rings. The van der Waals surface area contributed by atoms with Crippen LogP contribution in [0.2, 0.25) is 0 Å². The Morgan fingerprint density at radius 1 is 1.17 bits per heavy atom. The molecule has 6 nitrogen and oxygen atoms in total. The van der Waals surface area contributed by atoms with E-state index in [0.717, 1.165) is 16.9 Å². The molecule has 3 N–H and O–H groups in total. The largest absolute Gasteiger partial charge is 0.497 e. The van der Waals surface area contributed by atoms with Gasteiger partial charge in [-0.25, -0.2) is 0 Å². The van der Waals surface area contributed by atoms with Gasteiger partial charge in [-0.1, -0.05) is 12.1 Å². The summed E-state index contributed by atoms with van der Waals surface area (Å²) in [6.07, 6.45) is 1.59. The number of hydrazone groups is 1. The van der Waals surface area contributed by atoms with Crippen molar-refractivity contribution in [3.63, 3.8) is 0 Å². The van der Waals surface area contributed by atoms with Crippen molar-refractivity contribution in [2.75, 3.05) is 14.2 Å². The van der Waals surface area contributed by atoms with Crippen LogP contribution in [0.25, 0.3) is 0 Å². The molecule has 2 aromatic carbocycles. The molecule has 0 atom stereocenters. The number of nitrogens with two attached hydrogens (primary N) is 1. The first-order valence-corrected chi connectivity index (χ1v) is 7.55. The van der Waals surface area contributed by atoms with Crippen LogP contribution in [-0.2, 0) is 6.61 Å². The first kappa shape index (κ1) is 17.6. The van der Waals surface area contributed by atoms with E-state index >= 15 is 0 Å². The molecule has 24 heavy (non-hydrogen) atoms. The van der Waals surface area contributed by atoms with Gasteiger partial charge < -0.3 is 19.9 Å². The summed E-state index contributed by atoms with van der Waals surface area (Å²) < 4.78 is 16.4. The van der Waals surface area contributed by atoms with Crippen LogP contribution in [-0.4, -0.2) is 25.5 Å². The lowest BCUT2D eigenvalue weighted by molar-refractivity contribution is 0.284. The first-order valence-electron chi connectivity index (χ1n) is 7.14. The third-order valence-corrected chi connectivity index (χ3v) is 3.20. The molecule has 2 rings (SSSR count). The fourth-order valence-corrected chi connectivity index (χ4v) is 2.03. The van der Waals surface area contributed by atoms with Gasteiger partial charge in [0.15, 0.2) is 16.6 Å². The van der Waals surface area contributed by atoms with Gasteiger partial charge in [0.2, 0.25) is 0 Å². The molecule has 0 aliphatic heterocycles. The fraction of sp³-hybridized carbons (Fsp3) is 0.176. The number of methoxy groups -OCH3 is 2. The molecule has 0 aliphatic rings. The van der Waals surface area contributed by atoms with Crippen LogP contribution in [0.3, 0.4) is 0 Å². The van der Waals surface area contributed by atoms with E-state index < -0.39 is 0 Å². The molecular formula is C17H19N3O3S. The monoisotopic (exact) mass is 345 g/mol. The lowest BCUT2D eigenvalue weighted by atomic mass is 10.2. The van der Waals surface area contributed by atoms with Gasteiger partial charge >= 0.3 is 0 Å². The van der Waals surface area contributed by atoms with Crippen molar-refractivity contribution in [2.24, 2.45) is 10.8 Å². The zero-order valence-electron chi connectivity index (χ0n) is 13.5. The Morgan fingerprint density at radius 3 is 2.71 bits per heavy atom. The normalized spacial score (nSPS) is 10.4.